The largest absolute Gasteiger partial charge is 0.354 e. The van der Waals surface area contributed by atoms with Crippen LogP contribution in [0.5, 0.6) is 0 Å². The van der Waals surface area contributed by atoms with Gasteiger partial charge in [-0.25, -0.2) is 9.97 Å². The van der Waals surface area contributed by atoms with E-state index in [9.17, 15) is 0 Å². The quantitative estimate of drug-likeness (QED) is 0.809. The molecular weight excluding hydrogens is 224 g/mol. The Hall–Kier alpha value is -1.16. The summed E-state index contributed by atoms with van der Waals surface area (Å²) in [6.07, 6.45) is 7.32. The molecule has 18 heavy (non-hydrogen) atoms. The van der Waals surface area contributed by atoms with E-state index in [0.29, 0.717) is 5.92 Å². The molecule has 3 aliphatic rings. The molecule has 96 valence electrons. The van der Waals surface area contributed by atoms with E-state index in [0.717, 1.165) is 30.8 Å². The maximum Gasteiger partial charge on any atom is 0.133 e. The molecule has 4 nitrogen and oxygen atoms in total. The van der Waals surface area contributed by atoms with Gasteiger partial charge >= 0.3 is 0 Å². The van der Waals surface area contributed by atoms with Gasteiger partial charge in [-0.1, -0.05) is 0 Å². The molecule has 1 aliphatic heterocycles. The Bertz CT molecular complexity index is 431. The molecule has 2 heterocycles. The van der Waals surface area contributed by atoms with E-state index in [-0.39, 0.29) is 0 Å². The molecule has 4 rings (SSSR count). The maximum atomic E-state index is 4.74. The molecule has 2 aliphatic carbocycles. The van der Waals surface area contributed by atoms with Crippen LogP contribution in [0.25, 0.3) is 0 Å². The molecular formula is C14H20N4. The Morgan fingerprint density at radius 2 is 1.78 bits per heavy atom. The van der Waals surface area contributed by atoms with Crippen LogP contribution in [0, 0.1) is 0 Å². The molecule has 0 aromatic carbocycles. The van der Waals surface area contributed by atoms with Crippen molar-refractivity contribution in [1.82, 2.24) is 14.9 Å². The van der Waals surface area contributed by atoms with Gasteiger partial charge in [0.05, 0.1) is 0 Å². The smallest absolute Gasteiger partial charge is 0.133 e. The summed E-state index contributed by atoms with van der Waals surface area (Å²) < 4.78 is 0. The van der Waals surface area contributed by atoms with Crippen molar-refractivity contribution in [2.45, 2.75) is 37.6 Å². The Kier molecular flexibility index (Phi) is 2.50. The normalized spacial score (nSPS) is 25.4. The molecule has 3 fully saturated rings. The maximum absolute atomic E-state index is 4.74. The van der Waals surface area contributed by atoms with Gasteiger partial charge in [-0.3, -0.25) is 4.90 Å². The van der Waals surface area contributed by atoms with Crippen molar-refractivity contribution in [3.8, 4) is 0 Å². The molecule has 0 spiro atoms. The van der Waals surface area contributed by atoms with E-state index in [1.807, 2.05) is 6.20 Å². The summed E-state index contributed by atoms with van der Waals surface area (Å²) >= 11 is 0. The molecule has 1 aromatic heterocycles. The van der Waals surface area contributed by atoms with Crippen LogP contribution in [0.15, 0.2) is 12.3 Å². The minimum Gasteiger partial charge on any atom is -0.354 e. The van der Waals surface area contributed by atoms with Gasteiger partial charge in [0.25, 0.3) is 0 Å². The van der Waals surface area contributed by atoms with Gasteiger partial charge in [0, 0.05) is 44.3 Å². The third-order valence-corrected chi connectivity index (χ3v) is 4.30. The monoisotopic (exact) mass is 244 g/mol. The van der Waals surface area contributed by atoms with E-state index in [1.54, 1.807) is 0 Å². The minimum atomic E-state index is 0.651. The van der Waals surface area contributed by atoms with E-state index in [2.05, 4.69) is 20.9 Å². The molecule has 4 heteroatoms. The summed E-state index contributed by atoms with van der Waals surface area (Å²) in [7, 11) is 0. The highest BCUT2D eigenvalue weighted by Crippen LogP contribution is 2.38. The van der Waals surface area contributed by atoms with Crippen LogP contribution in [-0.4, -0.2) is 47.1 Å². The standard InChI is InChI=1S/C14H20N4/c1-2-11(1)14-15-6-5-13(16-14)18-9-7-17(8-10-18)12-3-4-12/h5-6,11-12H,1-4,7-10H2. The molecule has 1 aromatic rings. The molecule has 2 saturated carbocycles. The predicted molar refractivity (Wildman–Crippen MR) is 70.8 cm³/mol. The fraction of sp³-hybridized carbons (Fsp3) is 0.714. The number of nitrogens with zero attached hydrogens (tertiary/aromatic N) is 4. The lowest BCUT2D eigenvalue weighted by atomic mass is 10.3. The third kappa shape index (κ3) is 2.09. The summed E-state index contributed by atoms with van der Waals surface area (Å²) in [6.45, 7) is 4.65. The number of rotatable bonds is 3. The second-order valence-corrected chi connectivity index (χ2v) is 5.80. The molecule has 0 radical (unpaired) electrons. The Balaban J connectivity index is 1.44. The lowest BCUT2D eigenvalue weighted by Crippen LogP contribution is -2.47. The van der Waals surface area contributed by atoms with Crippen LogP contribution in [0.4, 0.5) is 5.82 Å². The van der Waals surface area contributed by atoms with Gasteiger partial charge in [-0.15, -0.1) is 0 Å². The number of piperazine rings is 1. The first-order valence-electron chi connectivity index (χ1n) is 7.22. The van der Waals surface area contributed by atoms with Crippen molar-refractivity contribution in [2.75, 3.05) is 31.1 Å². The zero-order chi connectivity index (χ0) is 11.9. The zero-order valence-electron chi connectivity index (χ0n) is 10.8. The topological polar surface area (TPSA) is 32.3 Å². The van der Waals surface area contributed by atoms with Crippen molar-refractivity contribution >= 4 is 5.82 Å². The Labute approximate surface area is 108 Å². The van der Waals surface area contributed by atoms with Crippen LogP contribution >= 0.6 is 0 Å². The van der Waals surface area contributed by atoms with E-state index in [1.165, 1.54) is 38.8 Å². The van der Waals surface area contributed by atoms with Crippen LogP contribution in [-0.2, 0) is 0 Å². The third-order valence-electron chi connectivity index (χ3n) is 4.30. The molecule has 0 atom stereocenters. The fourth-order valence-electron chi connectivity index (χ4n) is 2.83. The van der Waals surface area contributed by atoms with Crippen molar-refractivity contribution in [2.24, 2.45) is 0 Å². The Morgan fingerprint density at radius 3 is 2.44 bits per heavy atom. The molecule has 0 N–H and O–H groups in total. The van der Waals surface area contributed by atoms with Crippen LogP contribution in [0.2, 0.25) is 0 Å². The summed E-state index contributed by atoms with van der Waals surface area (Å²) in [6, 6.07) is 2.97. The second-order valence-electron chi connectivity index (χ2n) is 5.80. The van der Waals surface area contributed by atoms with Crippen molar-refractivity contribution in [3.63, 3.8) is 0 Å². The molecule has 0 bridgehead atoms. The highest BCUT2D eigenvalue weighted by molar-refractivity contribution is 5.38. The highest BCUT2D eigenvalue weighted by atomic mass is 15.3. The SMILES string of the molecule is c1cc(N2CCN(C3CC3)CC2)nc(C2CC2)n1. The molecule has 1 saturated heterocycles. The minimum absolute atomic E-state index is 0.651. The number of hydrogen-bond acceptors (Lipinski definition) is 4. The number of anilines is 1. The first-order valence-corrected chi connectivity index (χ1v) is 7.22. The summed E-state index contributed by atoms with van der Waals surface area (Å²) in [5, 5.41) is 0. The Morgan fingerprint density at radius 1 is 1.00 bits per heavy atom. The summed E-state index contributed by atoms with van der Waals surface area (Å²) in [5.41, 5.74) is 0. The van der Waals surface area contributed by atoms with Crippen molar-refractivity contribution in [3.05, 3.63) is 18.1 Å². The van der Waals surface area contributed by atoms with Gasteiger partial charge in [0.15, 0.2) is 0 Å². The van der Waals surface area contributed by atoms with Crippen LogP contribution in [0.3, 0.4) is 0 Å². The van der Waals surface area contributed by atoms with E-state index in [4.69, 9.17) is 4.98 Å². The number of aromatic nitrogens is 2. The van der Waals surface area contributed by atoms with E-state index < -0.39 is 0 Å². The first kappa shape index (κ1) is 10.7. The van der Waals surface area contributed by atoms with Gasteiger partial charge in [0.2, 0.25) is 0 Å². The average molecular weight is 244 g/mol. The van der Waals surface area contributed by atoms with Crippen molar-refractivity contribution < 1.29 is 0 Å². The zero-order valence-corrected chi connectivity index (χ0v) is 10.8. The highest BCUT2D eigenvalue weighted by Gasteiger charge is 2.32. The molecule has 0 unspecified atom stereocenters. The molecule has 0 amide bonds. The predicted octanol–water partition coefficient (Wildman–Crippen LogP) is 1.64. The number of hydrogen-bond donors (Lipinski definition) is 0. The van der Waals surface area contributed by atoms with Crippen LogP contribution < -0.4 is 4.90 Å². The fourth-order valence-corrected chi connectivity index (χ4v) is 2.83. The summed E-state index contributed by atoms with van der Waals surface area (Å²) in [5.74, 6) is 2.86. The van der Waals surface area contributed by atoms with E-state index >= 15 is 0 Å². The lowest BCUT2D eigenvalue weighted by Gasteiger charge is -2.35. The van der Waals surface area contributed by atoms with Crippen molar-refractivity contribution in [1.29, 1.82) is 0 Å². The van der Waals surface area contributed by atoms with Gasteiger partial charge in [0.1, 0.15) is 11.6 Å². The average Bonchev–Trinajstić information content (AvgIpc) is 3.32. The van der Waals surface area contributed by atoms with Gasteiger partial charge in [-0.05, 0) is 31.7 Å². The van der Waals surface area contributed by atoms with Crippen LogP contribution in [0.1, 0.15) is 37.4 Å². The lowest BCUT2D eigenvalue weighted by molar-refractivity contribution is 0.247. The first-order chi connectivity index (χ1) is 8.90. The second kappa shape index (κ2) is 4.19. The van der Waals surface area contributed by atoms with Gasteiger partial charge in [-0.2, -0.15) is 0 Å². The van der Waals surface area contributed by atoms with Gasteiger partial charge < -0.3 is 4.90 Å². The summed E-state index contributed by atoms with van der Waals surface area (Å²) in [4.78, 5) is 14.2.